The number of hydrogen-bond donors (Lipinski definition) is 2. The zero-order chi connectivity index (χ0) is 26.3. The maximum absolute atomic E-state index is 12.5. The van der Waals surface area contributed by atoms with Gasteiger partial charge in [0, 0.05) is 12.0 Å². The van der Waals surface area contributed by atoms with Crippen molar-refractivity contribution >= 4 is 12.1 Å². The molecule has 3 aromatic carbocycles. The molecule has 0 heterocycles. The standard InChI is InChI=1S/C31H38N2O3/c1-30(2,3)25-18-23(19-26(29(25)35)31(4,5)6)16-17-28(34)33-32-20-24-14-10-11-15-27(24)36-21-22-12-8-7-9-13-22/h7-15,18-20,35H,16-17,21H2,1-6H3,(H,33,34). The van der Waals surface area contributed by atoms with E-state index < -0.39 is 0 Å². The molecule has 3 rings (SSSR count). The molecular formula is C31H38N2O3. The maximum atomic E-state index is 12.5. The zero-order valence-corrected chi connectivity index (χ0v) is 22.3. The highest BCUT2D eigenvalue weighted by atomic mass is 16.5. The van der Waals surface area contributed by atoms with Gasteiger partial charge in [-0.15, -0.1) is 0 Å². The monoisotopic (exact) mass is 486 g/mol. The van der Waals surface area contributed by atoms with Crippen LogP contribution in [0.25, 0.3) is 0 Å². The van der Waals surface area contributed by atoms with Crippen molar-refractivity contribution in [2.24, 2.45) is 5.10 Å². The lowest BCUT2D eigenvalue weighted by Crippen LogP contribution is -2.20. The largest absolute Gasteiger partial charge is 0.507 e. The van der Waals surface area contributed by atoms with Crippen LogP contribution in [0.1, 0.15) is 75.8 Å². The van der Waals surface area contributed by atoms with E-state index in [1.165, 1.54) is 0 Å². The summed E-state index contributed by atoms with van der Waals surface area (Å²) in [6.07, 6.45) is 2.46. The first-order valence-corrected chi connectivity index (χ1v) is 12.4. The van der Waals surface area contributed by atoms with E-state index in [1.807, 2.05) is 66.7 Å². The predicted octanol–water partition coefficient (Wildman–Crippen LogP) is 6.65. The van der Waals surface area contributed by atoms with Gasteiger partial charge in [-0.3, -0.25) is 4.79 Å². The average molecular weight is 487 g/mol. The van der Waals surface area contributed by atoms with Crippen LogP contribution in [0.15, 0.2) is 71.8 Å². The second-order valence-electron chi connectivity index (χ2n) is 11.1. The summed E-state index contributed by atoms with van der Waals surface area (Å²) in [5.41, 5.74) is 6.91. The number of rotatable bonds is 8. The minimum absolute atomic E-state index is 0.170. The Bertz CT molecular complexity index is 1170. The second-order valence-corrected chi connectivity index (χ2v) is 11.1. The Morgan fingerprint density at radius 2 is 1.47 bits per heavy atom. The number of benzene rings is 3. The van der Waals surface area contributed by atoms with Crippen molar-refractivity contribution in [1.82, 2.24) is 5.43 Å². The van der Waals surface area contributed by atoms with Crippen LogP contribution in [0, 0.1) is 0 Å². The highest BCUT2D eigenvalue weighted by Gasteiger charge is 2.26. The van der Waals surface area contributed by atoms with E-state index in [4.69, 9.17) is 4.74 Å². The van der Waals surface area contributed by atoms with Crippen molar-refractivity contribution < 1.29 is 14.6 Å². The van der Waals surface area contributed by atoms with Crippen LogP contribution in [0.4, 0.5) is 0 Å². The summed E-state index contributed by atoms with van der Waals surface area (Å²) >= 11 is 0. The van der Waals surface area contributed by atoms with Crippen molar-refractivity contribution in [2.75, 3.05) is 0 Å². The first-order valence-electron chi connectivity index (χ1n) is 12.4. The Morgan fingerprint density at radius 3 is 2.08 bits per heavy atom. The van der Waals surface area contributed by atoms with Crippen molar-refractivity contribution in [3.63, 3.8) is 0 Å². The van der Waals surface area contributed by atoms with E-state index >= 15 is 0 Å². The van der Waals surface area contributed by atoms with Gasteiger partial charge in [-0.05, 0) is 51.6 Å². The number of hydrogen-bond acceptors (Lipinski definition) is 4. The van der Waals surface area contributed by atoms with Crippen LogP contribution < -0.4 is 10.2 Å². The van der Waals surface area contributed by atoms with Crippen molar-refractivity contribution in [2.45, 2.75) is 71.8 Å². The van der Waals surface area contributed by atoms with Gasteiger partial charge < -0.3 is 9.84 Å². The Labute approximate surface area is 215 Å². The van der Waals surface area contributed by atoms with Crippen LogP contribution >= 0.6 is 0 Å². The molecule has 0 saturated carbocycles. The molecule has 1 amide bonds. The lowest BCUT2D eigenvalue weighted by molar-refractivity contribution is -0.121. The molecule has 0 atom stereocenters. The van der Waals surface area contributed by atoms with Gasteiger partial charge in [0.1, 0.15) is 18.1 Å². The van der Waals surface area contributed by atoms with E-state index in [2.05, 4.69) is 52.1 Å². The van der Waals surface area contributed by atoms with Crippen LogP contribution in [0.3, 0.4) is 0 Å². The molecule has 0 radical (unpaired) electrons. The number of aromatic hydroxyl groups is 1. The fourth-order valence-corrected chi connectivity index (χ4v) is 3.92. The second kappa shape index (κ2) is 11.4. The average Bonchev–Trinajstić information content (AvgIpc) is 2.82. The number of phenolic OH excluding ortho intramolecular Hbond substituents is 1. The molecule has 0 aromatic heterocycles. The first kappa shape index (κ1) is 27.0. The van der Waals surface area contributed by atoms with Gasteiger partial charge in [0.05, 0.1) is 6.21 Å². The molecule has 3 aromatic rings. The molecule has 0 bridgehead atoms. The van der Waals surface area contributed by atoms with Gasteiger partial charge >= 0.3 is 0 Å². The molecule has 190 valence electrons. The number of nitrogens with zero attached hydrogens (tertiary/aromatic N) is 1. The Kier molecular flexibility index (Phi) is 8.57. The third-order valence-corrected chi connectivity index (χ3v) is 5.98. The van der Waals surface area contributed by atoms with Crippen molar-refractivity contribution in [3.05, 3.63) is 94.5 Å². The smallest absolute Gasteiger partial charge is 0.240 e. The lowest BCUT2D eigenvalue weighted by Gasteiger charge is -2.28. The van der Waals surface area contributed by atoms with Gasteiger partial charge in [0.2, 0.25) is 5.91 Å². The highest BCUT2D eigenvalue weighted by molar-refractivity contribution is 5.85. The van der Waals surface area contributed by atoms with E-state index in [0.29, 0.717) is 30.9 Å². The minimum atomic E-state index is -0.206. The quantitative estimate of drug-likeness (QED) is 0.277. The molecule has 0 unspecified atom stereocenters. The number of carbonyl (C=O) groups excluding carboxylic acids is 1. The molecular weight excluding hydrogens is 448 g/mol. The molecule has 5 nitrogen and oxygen atoms in total. The molecule has 2 N–H and O–H groups in total. The fraction of sp³-hybridized carbons (Fsp3) is 0.355. The molecule has 0 spiro atoms. The summed E-state index contributed by atoms with van der Waals surface area (Å²) in [6.45, 7) is 13.0. The molecule has 0 fully saturated rings. The number of hydrazone groups is 1. The van der Waals surface area contributed by atoms with Crippen LogP contribution in [0.5, 0.6) is 11.5 Å². The third kappa shape index (κ3) is 7.45. The van der Waals surface area contributed by atoms with Gasteiger partial charge in [-0.1, -0.05) is 96.1 Å². The van der Waals surface area contributed by atoms with E-state index in [9.17, 15) is 9.90 Å². The minimum Gasteiger partial charge on any atom is -0.507 e. The lowest BCUT2D eigenvalue weighted by atomic mass is 9.78. The third-order valence-electron chi connectivity index (χ3n) is 5.98. The zero-order valence-electron chi connectivity index (χ0n) is 22.3. The maximum Gasteiger partial charge on any atom is 0.240 e. The number of nitrogens with one attached hydrogen (secondary N) is 1. The first-order chi connectivity index (χ1) is 16.9. The Balaban J connectivity index is 1.63. The summed E-state index contributed by atoms with van der Waals surface area (Å²) < 4.78 is 5.95. The topological polar surface area (TPSA) is 70.9 Å². The Hall–Kier alpha value is -3.60. The highest BCUT2D eigenvalue weighted by Crippen LogP contribution is 2.40. The normalized spacial score (nSPS) is 12.1. The number of amides is 1. The van der Waals surface area contributed by atoms with Gasteiger partial charge in [0.15, 0.2) is 0 Å². The van der Waals surface area contributed by atoms with E-state index in [0.717, 1.165) is 27.8 Å². The van der Waals surface area contributed by atoms with E-state index in [-0.39, 0.29) is 16.7 Å². The fourth-order valence-electron chi connectivity index (χ4n) is 3.92. The number of phenols is 1. The van der Waals surface area contributed by atoms with Gasteiger partial charge in [0.25, 0.3) is 0 Å². The molecule has 5 heteroatoms. The number of aryl methyl sites for hydroxylation is 1. The van der Waals surface area contributed by atoms with Crippen LogP contribution in [0.2, 0.25) is 0 Å². The summed E-state index contributed by atoms with van der Waals surface area (Å²) in [5, 5.41) is 15.1. The molecule has 0 aliphatic carbocycles. The van der Waals surface area contributed by atoms with Crippen LogP contribution in [-0.4, -0.2) is 17.2 Å². The SMILES string of the molecule is CC(C)(C)c1cc(CCC(=O)NN=Cc2ccccc2OCc2ccccc2)cc(C(C)(C)C)c1O. The number of carbonyl (C=O) groups is 1. The van der Waals surface area contributed by atoms with Gasteiger partial charge in [-0.25, -0.2) is 5.43 Å². The van der Waals surface area contributed by atoms with Gasteiger partial charge in [-0.2, -0.15) is 5.10 Å². The van der Waals surface area contributed by atoms with E-state index in [1.54, 1.807) is 6.21 Å². The molecule has 0 saturated heterocycles. The van der Waals surface area contributed by atoms with Crippen molar-refractivity contribution in [3.8, 4) is 11.5 Å². The number of para-hydroxylation sites is 1. The summed E-state index contributed by atoms with van der Waals surface area (Å²) in [4.78, 5) is 12.5. The molecule has 0 aliphatic heterocycles. The summed E-state index contributed by atoms with van der Waals surface area (Å²) in [5.74, 6) is 0.880. The molecule has 0 aliphatic rings. The Morgan fingerprint density at radius 1 is 0.889 bits per heavy atom. The van der Waals surface area contributed by atoms with Crippen molar-refractivity contribution in [1.29, 1.82) is 0 Å². The summed E-state index contributed by atoms with van der Waals surface area (Å²) in [6, 6.07) is 21.6. The van der Waals surface area contributed by atoms with Crippen LogP contribution in [-0.2, 0) is 28.7 Å². The predicted molar refractivity (Wildman–Crippen MR) is 147 cm³/mol. The molecule has 36 heavy (non-hydrogen) atoms. The number of ether oxygens (including phenoxy) is 1. The summed E-state index contributed by atoms with van der Waals surface area (Å²) in [7, 11) is 0.